The summed E-state index contributed by atoms with van der Waals surface area (Å²) < 4.78 is 15.6. The van der Waals surface area contributed by atoms with E-state index >= 15 is 0 Å². The maximum atomic E-state index is 11.9. The largest absolute Gasteiger partial charge is 0.464 e. The molecule has 0 unspecified atom stereocenters. The Hall–Kier alpha value is -0.650. The van der Waals surface area contributed by atoms with Crippen LogP contribution in [0.4, 0.5) is 0 Å². The van der Waals surface area contributed by atoms with Gasteiger partial charge in [0.2, 0.25) is 0 Å². The van der Waals surface area contributed by atoms with Crippen LogP contribution in [0.3, 0.4) is 0 Å². The normalized spacial score (nSPS) is 11.9. The molecule has 0 aromatic heterocycles. The molecule has 0 rings (SSSR count). The van der Waals surface area contributed by atoms with Gasteiger partial charge in [0.05, 0.1) is 25.2 Å². The zero-order valence-electron chi connectivity index (χ0n) is 13.0. The number of methoxy groups -OCH3 is 1. The van der Waals surface area contributed by atoms with E-state index in [0.29, 0.717) is 26.4 Å². The van der Waals surface area contributed by atoms with Crippen LogP contribution in [0, 0.1) is 5.41 Å². The number of hydrogen-bond donors (Lipinski definition) is 0. The highest BCUT2D eigenvalue weighted by Crippen LogP contribution is 2.17. The van der Waals surface area contributed by atoms with Gasteiger partial charge in [-0.05, 0) is 26.9 Å². The fourth-order valence-electron chi connectivity index (χ4n) is 1.53. The highest BCUT2D eigenvalue weighted by Gasteiger charge is 2.29. The number of rotatable bonds is 11. The molecule has 0 aliphatic rings. The van der Waals surface area contributed by atoms with Crippen LogP contribution < -0.4 is 0 Å². The van der Waals surface area contributed by atoms with E-state index in [4.69, 9.17) is 14.2 Å². The second-order valence-electron chi connectivity index (χ2n) is 5.09. The Morgan fingerprint density at radius 1 is 1.11 bits per heavy atom. The summed E-state index contributed by atoms with van der Waals surface area (Å²) in [7, 11) is 1.62. The molecule has 0 saturated carbocycles. The summed E-state index contributed by atoms with van der Waals surface area (Å²) >= 11 is 0. The first-order chi connectivity index (χ1) is 8.97. The lowest BCUT2D eigenvalue weighted by atomic mass is 9.95. The summed E-state index contributed by atoms with van der Waals surface area (Å²) in [6, 6.07) is 0. The Balaban J connectivity index is 3.89. The van der Waals surface area contributed by atoms with Gasteiger partial charge >= 0.3 is 5.97 Å². The molecule has 19 heavy (non-hydrogen) atoms. The summed E-state index contributed by atoms with van der Waals surface area (Å²) in [4.78, 5) is 14.2. The van der Waals surface area contributed by atoms with E-state index in [1.807, 2.05) is 13.8 Å². The van der Waals surface area contributed by atoms with Gasteiger partial charge in [-0.1, -0.05) is 13.8 Å². The van der Waals surface area contributed by atoms with E-state index in [1.54, 1.807) is 7.11 Å². The van der Waals surface area contributed by atoms with Crippen LogP contribution in [-0.4, -0.2) is 64.0 Å². The zero-order valence-corrected chi connectivity index (χ0v) is 13.0. The summed E-state index contributed by atoms with van der Waals surface area (Å²) in [6.45, 7) is 12.4. The first-order valence-corrected chi connectivity index (χ1v) is 6.94. The molecule has 0 atom stereocenters. The van der Waals surface area contributed by atoms with Crippen LogP contribution in [0.5, 0.6) is 0 Å². The van der Waals surface area contributed by atoms with Crippen molar-refractivity contribution in [3.8, 4) is 0 Å². The van der Waals surface area contributed by atoms with Gasteiger partial charge in [-0.25, -0.2) is 0 Å². The summed E-state index contributed by atoms with van der Waals surface area (Å²) in [5.41, 5.74) is -0.614. The molecule has 114 valence electrons. The minimum absolute atomic E-state index is 0.211. The van der Waals surface area contributed by atoms with E-state index < -0.39 is 5.41 Å². The van der Waals surface area contributed by atoms with Gasteiger partial charge in [-0.3, -0.25) is 4.79 Å². The van der Waals surface area contributed by atoms with E-state index in [-0.39, 0.29) is 5.97 Å². The third-order valence-corrected chi connectivity index (χ3v) is 2.98. The van der Waals surface area contributed by atoms with Crippen molar-refractivity contribution in [2.45, 2.75) is 27.7 Å². The molecule has 0 radical (unpaired) electrons. The lowest BCUT2D eigenvalue weighted by Gasteiger charge is -2.24. The van der Waals surface area contributed by atoms with Gasteiger partial charge in [-0.2, -0.15) is 0 Å². The number of carbonyl (C=O) groups excluding carboxylic acids is 1. The van der Waals surface area contributed by atoms with Gasteiger partial charge in [0.15, 0.2) is 0 Å². The molecule has 0 amide bonds. The van der Waals surface area contributed by atoms with Gasteiger partial charge in [-0.15, -0.1) is 0 Å². The van der Waals surface area contributed by atoms with Gasteiger partial charge in [0, 0.05) is 13.7 Å². The Morgan fingerprint density at radius 2 is 1.74 bits per heavy atom. The standard InChI is InChI=1S/C14H29NO4/c1-6-15(7-2)8-9-19-13(16)14(3,4)12-18-11-10-17-5/h6-12H2,1-5H3. The minimum Gasteiger partial charge on any atom is -0.464 e. The summed E-state index contributed by atoms with van der Waals surface area (Å²) in [5.74, 6) is -0.211. The molecule has 0 aliphatic carbocycles. The lowest BCUT2D eigenvalue weighted by Crippen LogP contribution is -2.34. The van der Waals surface area contributed by atoms with Crippen molar-refractivity contribution in [2.24, 2.45) is 5.41 Å². The first-order valence-electron chi connectivity index (χ1n) is 6.94. The number of hydrogen-bond acceptors (Lipinski definition) is 5. The molecule has 0 bridgehead atoms. The quantitative estimate of drug-likeness (QED) is 0.423. The maximum Gasteiger partial charge on any atom is 0.313 e. The zero-order chi connectivity index (χ0) is 14.7. The Labute approximate surface area is 117 Å². The van der Waals surface area contributed by atoms with E-state index in [0.717, 1.165) is 19.6 Å². The predicted molar refractivity (Wildman–Crippen MR) is 75.2 cm³/mol. The van der Waals surface area contributed by atoms with E-state index in [1.165, 1.54) is 0 Å². The molecule has 0 saturated heterocycles. The molecule has 5 heteroatoms. The van der Waals surface area contributed by atoms with Crippen molar-refractivity contribution in [2.75, 3.05) is 53.2 Å². The van der Waals surface area contributed by atoms with Crippen LogP contribution in [0.1, 0.15) is 27.7 Å². The average molecular weight is 275 g/mol. The fourth-order valence-corrected chi connectivity index (χ4v) is 1.53. The molecule has 0 fully saturated rings. The monoisotopic (exact) mass is 275 g/mol. The molecule has 0 N–H and O–H groups in total. The number of nitrogens with zero attached hydrogens (tertiary/aromatic N) is 1. The average Bonchev–Trinajstić information content (AvgIpc) is 2.39. The Kier molecular flexibility index (Phi) is 9.83. The third-order valence-electron chi connectivity index (χ3n) is 2.98. The van der Waals surface area contributed by atoms with Crippen molar-refractivity contribution in [1.82, 2.24) is 4.90 Å². The van der Waals surface area contributed by atoms with Crippen molar-refractivity contribution in [3.63, 3.8) is 0 Å². The maximum absolute atomic E-state index is 11.9. The van der Waals surface area contributed by atoms with Crippen LogP contribution in [0.2, 0.25) is 0 Å². The number of esters is 1. The number of likely N-dealkylation sites (N-methyl/N-ethyl adjacent to an activating group) is 1. The first kappa shape index (κ1) is 18.4. The molecule has 0 aromatic rings. The topological polar surface area (TPSA) is 48.0 Å². The molecule has 0 heterocycles. The summed E-state index contributed by atoms with van der Waals surface area (Å²) in [6.07, 6.45) is 0. The molecule has 0 spiro atoms. The van der Waals surface area contributed by atoms with Gasteiger partial charge < -0.3 is 19.1 Å². The van der Waals surface area contributed by atoms with Crippen molar-refractivity contribution in [3.05, 3.63) is 0 Å². The van der Waals surface area contributed by atoms with Crippen molar-refractivity contribution < 1.29 is 19.0 Å². The minimum atomic E-state index is -0.614. The SMILES string of the molecule is CCN(CC)CCOC(=O)C(C)(C)COCCOC. The lowest BCUT2D eigenvalue weighted by molar-refractivity contribution is -0.158. The number of carbonyl (C=O) groups is 1. The third kappa shape index (κ3) is 8.18. The van der Waals surface area contributed by atoms with E-state index in [9.17, 15) is 4.79 Å². The predicted octanol–water partition coefficient (Wildman–Crippen LogP) is 1.56. The van der Waals surface area contributed by atoms with Gasteiger partial charge in [0.25, 0.3) is 0 Å². The van der Waals surface area contributed by atoms with Crippen LogP contribution in [0.25, 0.3) is 0 Å². The Morgan fingerprint density at radius 3 is 2.26 bits per heavy atom. The highest BCUT2D eigenvalue weighted by atomic mass is 16.5. The molecular formula is C14H29NO4. The molecule has 0 aromatic carbocycles. The number of ether oxygens (including phenoxy) is 3. The van der Waals surface area contributed by atoms with Crippen LogP contribution >= 0.6 is 0 Å². The highest BCUT2D eigenvalue weighted by molar-refractivity contribution is 5.76. The molecular weight excluding hydrogens is 246 g/mol. The summed E-state index contributed by atoms with van der Waals surface area (Å²) in [5, 5.41) is 0. The Bertz CT molecular complexity index is 240. The van der Waals surface area contributed by atoms with Gasteiger partial charge in [0.1, 0.15) is 6.61 Å². The second-order valence-corrected chi connectivity index (χ2v) is 5.09. The van der Waals surface area contributed by atoms with Crippen LogP contribution in [0.15, 0.2) is 0 Å². The van der Waals surface area contributed by atoms with Crippen LogP contribution in [-0.2, 0) is 19.0 Å². The van der Waals surface area contributed by atoms with E-state index in [2.05, 4.69) is 18.7 Å². The molecule has 5 nitrogen and oxygen atoms in total. The van der Waals surface area contributed by atoms with Crippen molar-refractivity contribution in [1.29, 1.82) is 0 Å². The van der Waals surface area contributed by atoms with Crippen molar-refractivity contribution >= 4 is 5.97 Å². The molecule has 0 aliphatic heterocycles. The second kappa shape index (κ2) is 10.2. The smallest absolute Gasteiger partial charge is 0.313 e. The fraction of sp³-hybridized carbons (Fsp3) is 0.929.